The number of hydrogen-bond acceptors (Lipinski definition) is 4. The molecule has 0 radical (unpaired) electrons. The van der Waals surface area contributed by atoms with Crippen LogP contribution in [-0.4, -0.2) is 58.2 Å². The highest BCUT2D eigenvalue weighted by atomic mass is 16.5. The summed E-state index contributed by atoms with van der Waals surface area (Å²) in [6.45, 7) is 3.84. The van der Waals surface area contributed by atoms with Crippen LogP contribution in [0.5, 0.6) is 11.5 Å². The van der Waals surface area contributed by atoms with Crippen molar-refractivity contribution in [3.8, 4) is 11.5 Å². The van der Waals surface area contributed by atoms with Gasteiger partial charge in [-0.1, -0.05) is 12.8 Å². The fourth-order valence-electron chi connectivity index (χ4n) is 3.73. The third-order valence-electron chi connectivity index (χ3n) is 5.26. The molecule has 1 aromatic rings. The van der Waals surface area contributed by atoms with Crippen molar-refractivity contribution in [1.82, 2.24) is 15.5 Å². The number of carbonyl (C=O) groups excluding carboxylic acids is 1. The molecule has 1 aliphatic rings. The first-order valence-corrected chi connectivity index (χ1v) is 9.90. The molecule has 1 fully saturated rings. The molecule has 0 atom stereocenters. The molecule has 2 rings (SSSR count). The van der Waals surface area contributed by atoms with Crippen molar-refractivity contribution in [2.24, 2.45) is 10.4 Å². The summed E-state index contributed by atoms with van der Waals surface area (Å²) in [4.78, 5) is 19.2. The van der Waals surface area contributed by atoms with Crippen molar-refractivity contribution in [3.05, 3.63) is 23.8 Å². The van der Waals surface area contributed by atoms with Crippen LogP contribution in [-0.2, 0) is 11.3 Å². The highest BCUT2D eigenvalue weighted by Gasteiger charge is 2.42. The summed E-state index contributed by atoms with van der Waals surface area (Å²) in [6, 6.07) is 5.71. The maximum Gasteiger partial charge on any atom is 0.230 e. The largest absolute Gasteiger partial charge is 0.497 e. The Labute approximate surface area is 168 Å². The average Bonchev–Trinajstić information content (AvgIpc) is 3.19. The minimum absolute atomic E-state index is 0.199. The monoisotopic (exact) mass is 390 g/mol. The third-order valence-corrected chi connectivity index (χ3v) is 5.26. The van der Waals surface area contributed by atoms with Crippen molar-refractivity contribution in [2.75, 3.05) is 41.4 Å². The first-order valence-electron chi connectivity index (χ1n) is 9.90. The second-order valence-electron chi connectivity index (χ2n) is 7.41. The van der Waals surface area contributed by atoms with E-state index in [-0.39, 0.29) is 11.3 Å². The SMILES string of the molecule is CCNC(=NCc1ccc(OC)cc1OC)NCC1(C(=O)N(C)C)CCCC1. The van der Waals surface area contributed by atoms with Crippen LogP contribution in [0.25, 0.3) is 0 Å². The van der Waals surface area contributed by atoms with Gasteiger partial charge in [0.15, 0.2) is 5.96 Å². The second kappa shape index (κ2) is 10.2. The molecule has 0 heterocycles. The van der Waals surface area contributed by atoms with Crippen LogP contribution in [0.1, 0.15) is 38.2 Å². The van der Waals surface area contributed by atoms with Crippen LogP contribution in [0.15, 0.2) is 23.2 Å². The van der Waals surface area contributed by atoms with Gasteiger partial charge in [0, 0.05) is 38.8 Å². The van der Waals surface area contributed by atoms with Gasteiger partial charge in [0.2, 0.25) is 5.91 Å². The summed E-state index contributed by atoms with van der Waals surface area (Å²) < 4.78 is 10.7. The van der Waals surface area contributed by atoms with Crippen molar-refractivity contribution in [1.29, 1.82) is 0 Å². The van der Waals surface area contributed by atoms with Crippen LogP contribution in [0.2, 0.25) is 0 Å². The molecule has 0 saturated heterocycles. The number of aliphatic imine (C=N–C) groups is 1. The zero-order valence-corrected chi connectivity index (χ0v) is 17.8. The molecule has 7 nitrogen and oxygen atoms in total. The predicted octanol–water partition coefficient (Wildman–Crippen LogP) is 2.41. The number of carbonyl (C=O) groups is 1. The number of nitrogens with one attached hydrogen (secondary N) is 2. The summed E-state index contributed by atoms with van der Waals surface area (Å²) >= 11 is 0. The summed E-state index contributed by atoms with van der Waals surface area (Å²) in [5, 5.41) is 6.67. The molecule has 1 aromatic carbocycles. The van der Waals surface area contributed by atoms with Crippen molar-refractivity contribution >= 4 is 11.9 Å². The van der Waals surface area contributed by atoms with Gasteiger partial charge in [-0.2, -0.15) is 0 Å². The molecule has 2 N–H and O–H groups in total. The molecular weight excluding hydrogens is 356 g/mol. The van der Waals surface area contributed by atoms with E-state index in [0.29, 0.717) is 19.0 Å². The molecule has 0 aromatic heterocycles. The first-order chi connectivity index (χ1) is 13.5. The Morgan fingerprint density at radius 2 is 1.89 bits per heavy atom. The smallest absolute Gasteiger partial charge is 0.230 e. The van der Waals surface area contributed by atoms with Crippen LogP contribution in [0.4, 0.5) is 0 Å². The van der Waals surface area contributed by atoms with Gasteiger partial charge in [0.1, 0.15) is 11.5 Å². The number of guanidine groups is 1. The van der Waals surface area contributed by atoms with Gasteiger partial charge >= 0.3 is 0 Å². The highest BCUT2D eigenvalue weighted by molar-refractivity contribution is 5.85. The Morgan fingerprint density at radius 1 is 1.18 bits per heavy atom. The number of nitrogens with zero attached hydrogens (tertiary/aromatic N) is 2. The summed E-state index contributed by atoms with van der Waals surface area (Å²) in [5.41, 5.74) is 0.637. The van der Waals surface area contributed by atoms with Crippen LogP contribution >= 0.6 is 0 Å². The highest BCUT2D eigenvalue weighted by Crippen LogP contribution is 2.38. The normalized spacial score (nSPS) is 15.8. The number of ether oxygens (including phenoxy) is 2. The van der Waals surface area contributed by atoms with Gasteiger partial charge in [0.25, 0.3) is 0 Å². The maximum atomic E-state index is 12.8. The lowest BCUT2D eigenvalue weighted by molar-refractivity contribution is -0.138. The van der Waals surface area contributed by atoms with E-state index in [9.17, 15) is 4.79 Å². The fraction of sp³-hybridized carbons (Fsp3) is 0.619. The topological polar surface area (TPSA) is 75.2 Å². The van der Waals surface area contributed by atoms with E-state index in [4.69, 9.17) is 14.5 Å². The summed E-state index contributed by atoms with van der Waals surface area (Å²) in [5.74, 6) is 2.40. The molecule has 156 valence electrons. The Bertz CT molecular complexity index is 682. The quantitative estimate of drug-likeness (QED) is 0.527. The van der Waals surface area contributed by atoms with Crippen LogP contribution < -0.4 is 20.1 Å². The molecule has 7 heteroatoms. The van der Waals surface area contributed by atoms with E-state index < -0.39 is 0 Å². The lowest BCUT2D eigenvalue weighted by Crippen LogP contribution is -2.49. The lowest BCUT2D eigenvalue weighted by Gasteiger charge is -2.31. The van der Waals surface area contributed by atoms with E-state index in [1.165, 1.54) is 0 Å². The Hall–Kier alpha value is -2.44. The molecule has 1 amide bonds. The van der Waals surface area contributed by atoms with E-state index in [2.05, 4.69) is 10.6 Å². The zero-order chi connectivity index (χ0) is 20.6. The Balaban J connectivity index is 2.11. The van der Waals surface area contributed by atoms with Gasteiger partial charge < -0.3 is 25.0 Å². The summed E-state index contributed by atoms with van der Waals surface area (Å²) in [6.07, 6.45) is 4.03. The number of hydrogen-bond donors (Lipinski definition) is 2. The van der Waals surface area contributed by atoms with Gasteiger partial charge in [-0.25, -0.2) is 4.99 Å². The Kier molecular flexibility index (Phi) is 7.96. The third kappa shape index (κ3) is 5.30. The van der Waals surface area contributed by atoms with Gasteiger partial charge in [0.05, 0.1) is 26.2 Å². The molecular formula is C21H34N4O3. The van der Waals surface area contributed by atoms with Crippen molar-refractivity contribution < 1.29 is 14.3 Å². The van der Waals surface area contributed by atoms with Gasteiger partial charge in [-0.05, 0) is 31.9 Å². The molecule has 1 saturated carbocycles. The molecule has 0 spiro atoms. The van der Waals surface area contributed by atoms with E-state index >= 15 is 0 Å². The van der Waals surface area contributed by atoms with Crippen molar-refractivity contribution in [3.63, 3.8) is 0 Å². The van der Waals surface area contributed by atoms with E-state index in [0.717, 1.165) is 49.3 Å². The number of amides is 1. The zero-order valence-electron chi connectivity index (χ0n) is 17.8. The van der Waals surface area contributed by atoms with Gasteiger partial charge in [-0.15, -0.1) is 0 Å². The fourth-order valence-corrected chi connectivity index (χ4v) is 3.73. The van der Waals surface area contributed by atoms with E-state index in [1.54, 1.807) is 19.1 Å². The maximum absolute atomic E-state index is 12.8. The Morgan fingerprint density at radius 3 is 2.46 bits per heavy atom. The number of benzene rings is 1. The molecule has 1 aliphatic carbocycles. The average molecular weight is 391 g/mol. The summed E-state index contributed by atoms with van der Waals surface area (Å²) in [7, 11) is 6.94. The minimum atomic E-state index is -0.336. The molecule has 28 heavy (non-hydrogen) atoms. The van der Waals surface area contributed by atoms with Crippen molar-refractivity contribution in [2.45, 2.75) is 39.2 Å². The standard InChI is InChI=1S/C21H34N4O3/c1-6-22-20(23-14-16-9-10-17(27-4)13-18(16)28-5)24-15-21(11-7-8-12-21)19(26)25(2)3/h9-10,13H,6-8,11-12,14-15H2,1-5H3,(H2,22,23,24). The number of rotatable bonds is 8. The van der Waals surface area contributed by atoms with Crippen LogP contribution in [0, 0.1) is 5.41 Å². The lowest BCUT2D eigenvalue weighted by atomic mass is 9.84. The predicted molar refractivity (Wildman–Crippen MR) is 112 cm³/mol. The molecule has 0 unspecified atom stereocenters. The number of methoxy groups -OCH3 is 2. The second-order valence-corrected chi connectivity index (χ2v) is 7.41. The molecule has 0 aliphatic heterocycles. The van der Waals surface area contributed by atoms with Crippen LogP contribution in [0.3, 0.4) is 0 Å². The van der Waals surface area contributed by atoms with Gasteiger partial charge in [-0.3, -0.25) is 4.79 Å². The van der Waals surface area contributed by atoms with E-state index in [1.807, 2.05) is 39.2 Å². The molecule has 0 bridgehead atoms. The minimum Gasteiger partial charge on any atom is -0.497 e. The first kappa shape index (κ1) is 21.9.